The smallest absolute Gasteiger partial charge is 0.338 e. The maximum Gasteiger partial charge on any atom is 0.338 e. The lowest BCUT2D eigenvalue weighted by atomic mass is 9.90. The lowest BCUT2D eigenvalue weighted by molar-refractivity contribution is -0.125. The standard InChI is InChI=1S/C17H22N2O3/c1-11(2)17(5,10-18)19-15(20)9-22-16(21)14-8-6-7-12(3)13(14)4/h6-8,11H,9H2,1-5H3,(H,19,20)/t17-/m0/s1. The van der Waals surface area contributed by atoms with Gasteiger partial charge < -0.3 is 10.1 Å². The van der Waals surface area contributed by atoms with Crippen LogP contribution >= 0.6 is 0 Å². The molecule has 1 rings (SSSR count). The first-order valence-electron chi connectivity index (χ1n) is 7.17. The van der Waals surface area contributed by atoms with E-state index in [1.165, 1.54) is 0 Å². The molecule has 1 aromatic rings. The molecule has 1 aromatic carbocycles. The molecule has 1 amide bonds. The van der Waals surface area contributed by atoms with Crippen molar-refractivity contribution in [3.8, 4) is 6.07 Å². The van der Waals surface area contributed by atoms with Crippen molar-refractivity contribution in [1.82, 2.24) is 5.32 Å². The number of carbonyl (C=O) groups is 2. The van der Waals surface area contributed by atoms with Gasteiger partial charge in [0.15, 0.2) is 6.61 Å². The van der Waals surface area contributed by atoms with Crippen molar-refractivity contribution >= 4 is 11.9 Å². The van der Waals surface area contributed by atoms with E-state index < -0.39 is 24.0 Å². The van der Waals surface area contributed by atoms with Crippen molar-refractivity contribution in [2.45, 2.75) is 40.2 Å². The highest BCUT2D eigenvalue weighted by molar-refractivity contribution is 5.93. The molecular weight excluding hydrogens is 280 g/mol. The van der Waals surface area contributed by atoms with Crippen molar-refractivity contribution in [3.63, 3.8) is 0 Å². The summed E-state index contributed by atoms with van der Waals surface area (Å²) in [5.74, 6) is -1.09. The molecule has 0 saturated heterocycles. The fraction of sp³-hybridized carbons (Fsp3) is 0.471. The number of nitriles is 1. The molecular formula is C17H22N2O3. The lowest BCUT2D eigenvalue weighted by Crippen LogP contribution is -2.50. The van der Waals surface area contributed by atoms with Gasteiger partial charge in [-0.25, -0.2) is 4.79 Å². The van der Waals surface area contributed by atoms with Crippen LogP contribution in [0.25, 0.3) is 0 Å². The van der Waals surface area contributed by atoms with Crippen molar-refractivity contribution in [2.75, 3.05) is 6.61 Å². The second kappa shape index (κ2) is 7.08. The van der Waals surface area contributed by atoms with Crippen LogP contribution in [0.2, 0.25) is 0 Å². The highest BCUT2D eigenvalue weighted by atomic mass is 16.5. The zero-order valence-corrected chi connectivity index (χ0v) is 13.7. The van der Waals surface area contributed by atoms with Crippen LogP contribution in [0.5, 0.6) is 0 Å². The molecule has 1 atom stereocenters. The minimum absolute atomic E-state index is 0.0591. The van der Waals surface area contributed by atoms with Crippen LogP contribution in [0.4, 0.5) is 0 Å². The van der Waals surface area contributed by atoms with Crippen LogP contribution in [-0.2, 0) is 9.53 Å². The quantitative estimate of drug-likeness (QED) is 0.848. The Balaban J connectivity index is 2.67. The summed E-state index contributed by atoms with van der Waals surface area (Å²) in [4.78, 5) is 23.9. The van der Waals surface area contributed by atoms with E-state index in [0.717, 1.165) is 11.1 Å². The first-order valence-corrected chi connectivity index (χ1v) is 7.17. The molecule has 0 radical (unpaired) electrons. The van der Waals surface area contributed by atoms with Gasteiger partial charge in [0, 0.05) is 0 Å². The zero-order valence-electron chi connectivity index (χ0n) is 13.7. The molecule has 0 aromatic heterocycles. The number of amides is 1. The molecule has 0 heterocycles. The van der Waals surface area contributed by atoms with E-state index >= 15 is 0 Å². The first kappa shape index (κ1) is 17.7. The first-order chi connectivity index (χ1) is 10.2. The second-order valence-electron chi connectivity index (χ2n) is 5.84. The number of hydrogen-bond acceptors (Lipinski definition) is 4. The Labute approximate surface area is 131 Å². The number of benzene rings is 1. The summed E-state index contributed by atoms with van der Waals surface area (Å²) in [7, 11) is 0. The Morgan fingerprint density at radius 3 is 2.55 bits per heavy atom. The number of hydrogen-bond donors (Lipinski definition) is 1. The van der Waals surface area contributed by atoms with Crippen LogP contribution < -0.4 is 5.32 Å². The normalized spacial score (nSPS) is 13.1. The average molecular weight is 302 g/mol. The number of ether oxygens (including phenoxy) is 1. The number of nitrogens with one attached hydrogen (secondary N) is 1. The summed E-state index contributed by atoms with van der Waals surface area (Å²) in [5.41, 5.74) is 1.27. The topological polar surface area (TPSA) is 79.2 Å². The fourth-order valence-corrected chi connectivity index (χ4v) is 1.81. The summed E-state index contributed by atoms with van der Waals surface area (Å²) in [6.07, 6.45) is 0. The van der Waals surface area contributed by atoms with Gasteiger partial charge in [-0.3, -0.25) is 4.79 Å². The number of esters is 1. The number of aryl methyl sites for hydroxylation is 1. The average Bonchev–Trinajstić information content (AvgIpc) is 2.47. The third-order valence-electron chi connectivity index (χ3n) is 3.94. The van der Waals surface area contributed by atoms with Crippen LogP contribution in [0.3, 0.4) is 0 Å². The van der Waals surface area contributed by atoms with Gasteiger partial charge in [-0.2, -0.15) is 5.26 Å². The minimum Gasteiger partial charge on any atom is -0.452 e. The summed E-state index contributed by atoms with van der Waals surface area (Å²) in [6, 6.07) is 7.41. The van der Waals surface area contributed by atoms with E-state index in [9.17, 15) is 9.59 Å². The van der Waals surface area contributed by atoms with Gasteiger partial charge in [0.1, 0.15) is 5.54 Å². The van der Waals surface area contributed by atoms with E-state index in [1.807, 2.05) is 33.8 Å². The van der Waals surface area contributed by atoms with Crippen LogP contribution in [0, 0.1) is 31.1 Å². The van der Waals surface area contributed by atoms with Gasteiger partial charge in [-0.15, -0.1) is 0 Å². The van der Waals surface area contributed by atoms with Crippen LogP contribution in [-0.4, -0.2) is 24.0 Å². The van der Waals surface area contributed by atoms with Crippen molar-refractivity contribution < 1.29 is 14.3 Å². The molecule has 0 unspecified atom stereocenters. The Morgan fingerprint density at radius 1 is 1.36 bits per heavy atom. The maximum atomic E-state index is 12.0. The Bertz CT molecular complexity index is 617. The highest BCUT2D eigenvalue weighted by Crippen LogP contribution is 2.16. The van der Waals surface area contributed by atoms with Gasteiger partial charge in [-0.1, -0.05) is 26.0 Å². The van der Waals surface area contributed by atoms with Crippen molar-refractivity contribution in [1.29, 1.82) is 5.26 Å². The molecule has 0 spiro atoms. The van der Waals surface area contributed by atoms with Gasteiger partial charge in [0.25, 0.3) is 5.91 Å². The Kier molecular flexibility index (Phi) is 5.69. The van der Waals surface area contributed by atoms with Crippen LogP contribution in [0.15, 0.2) is 18.2 Å². The number of carbonyl (C=O) groups excluding carboxylic acids is 2. The molecule has 0 bridgehead atoms. The SMILES string of the molecule is Cc1cccc(C(=O)OCC(=O)N[C@@](C)(C#N)C(C)C)c1C. The minimum atomic E-state index is -0.983. The summed E-state index contributed by atoms with van der Waals surface area (Å²) >= 11 is 0. The predicted octanol–water partition coefficient (Wildman–Crippen LogP) is 2.51. The van der Waals surface area contributed by atoms with E-state index in [2.05, 4.69) is 11.4 Å². The molecule has 0 fully saturated rings. The molecule has 118 valence electrons. The van der Waals surface area contributed by atoms with E-state index in [0.29, 0.717) is 5.56 Å². The Hall–Kier alpha value is -2.35. The molecule has 22 heavy (non-hydrogen) atoms. The lowest BCUT2D eigenvalue weighted by Gasteiger charge is -2.27. The van der Waals surface area contributed by atoms with Gasteiger partial charge in [-0.05, 0) is 43.9 Å². The fourth-order valence-electron chi connectivity index (χ4n) is 1.81. The highest BCUT2D eigenvalue weighted by Gasteiger charge is 2.30. The summed E-state index contributed by atoms with van der Waals surface area (Å²) in [6.45, 7) is 8.65. The summed E-state index contributed by atoms with van der Waals surface area (Å²) < 4.78 is 5.04. The largest absolute Gasteiger partial charge is 0.452 e. The van der Waals surface area contributed by atoms with Gasteiger partial charge >= 0.3 is 5.97 Å². The molecule has 0 aliphatic heterocycles. The molecule has 0 saturated carbocycles. The second-order valence-corrected chi connectivity index (χ2v) is 5.84. The molecule has 1 N–H and O–H groups in total. The molecule has 5 nitrogen and oxygen atoms in total. The van der Waals surface area contributed by atoms with Crippen molar-refractivity contribution in [2.24, 2.45) is 5.92 Å². The Morgan fingerprint density at radius 2 is 2.00 bits per heavy atom. The van der Waals surface area contributed by atoms with Gasteiger partial charge in [0.2, 0.25) is 0 Å². The third kappa shape index (κ3) is 4.08. The predicted molar refractivity (Wildman–Crippen MR) is 83.2 cm³/mol. The van der Waals surface area contributed by atoms with E-state index in [4.69, 9.17) is 10.00 Å². The number of nitrogens with zero attached hydrogens (tertiary/aromatic N) is 1. The molecule has 5 heteroatoms. The monoisotopic (exact) mass is 302 g/mol. The maximum absolute atomic E-state index is 12.0. The summed E-state index contributed by atoms with van der Waals surface area (Å²) in [5, 5.41) is 11.8. The zero-order chi connectivity index (χ0) is 16.9. The molecule has 0 aliphatic carbocycles. The van der Waals surface area contributed by atoms with E-state index in [-0.39, 0.29) is 5.92 Å². The van der Waals surface area contributed by atoms with Gasteiger partial charge in [0.05, 0.1) is 11.6 Å². The number of rotatable bonds is 5. The van der Waals surface area contributed by atoms with E-state index in [1.54, 1.807) is 19.1 Å². The molecule has 0 aliphatic rings. The van der Waals surface area contributed by atoms with Crippen molar-refractivity contribution in [3.05, 3.63) is 34.9 Å². The van der Waals surface area contributed by atoms with Crippen LogP contribution in [0.1, 0.15) is 42.3 Å². The third-order valence-corrected chi connectivity index (χ3v) is 3.94.